The number of rotatable bonds is 1. The van der Waals surface area contributed by atoms with Gasteiger partial charge in [-0.05, 0) is 32.4 Å². The molecule has 0 saturated carbocycles. The topological polar surface area (TPSA) is 25.4 Å². The molecule has 3 heteroatoms. The van der Waals surface area contributed by atoms with Crippen molar-refractivity contribution in [1.29, 1.82) is 0 Å². The second-order valence-corrected chi connectivity index (χ2v) is 4.36. The first-order valence-electron chi connectivity index (χ1n) is 5.48. The van der Waals surface area contributed by atoms with E-state index in [1.54, 1.807) is 0 Å². The Kier molecular flexibility index (Phi) is 2.91. The van der Waals surface area contributed by atoms with Crippen molar-refractivity contribution >= 4 is 5.82 Å². The van der Waals surface area contributed by atoms with E-state index in [1.165, 1.54) is 5.56 Å². The Morgan fingerprint density at radius 1 is 1.27 bits per heavy atom. The molecule has 1 saturated heterocycles. The van der Waals surface area contributed by atoms with Crippen LogP contribution in [0.5, 0.6) is 0 Å². The molecule has 0 aliphatic carbocycles. The van der Waals surface area contributed by atoms with Crippen LogP contribution in [0.4, 0.5) is 5.82 Å². The monoisotopic (exact) mass is 206 g/mol. The van der Waals surface area contributed by atoms with E-state index in [-0.39, 0.29) is 12.2 Å². The minimum atomic E-state index is 0.289. The number of pyridine rings is 1. The van der Waals surface area contributed by atoms with E-state index < -0.39 is 0 Å². The minimum Gasteiger partial charge on any atom is -0.372 e. The fraction of sp³-hybridized carbons (Fsp3) is 0.583. The van der Waals surface area contributed by atoms with Gasteiger partial charge in [-0.2, -0.15) is 0 Å². The quantitative estimate of drug-likeness (QED) is 0.702. The van der Waals surface area contributed by atoms with Crippen LogP contribution in [0.15, 0.2) is 18.3 Å². The first-order chi connectivity index (χ1) is 7.15. The highest BCUT2D eigenvalue weighted by molar-refractivity contribution is 5.39. The summed E-state index contributed by atoms with van der Waals surface area (Å²) in [6.45, 7) is 8.13. The lowest BCUT2D eigenvalue weighted by Gasteiger charge is -2.36. The van der Waals surface area contributed by atoms with Gasteiger partial charge in [0.25, 0.3) is 0 Å². The molecule has 0 amide bonds. The zero-order valence-corrected chi connectivity index (χ0v) is 9.60. The second kappa shape index (κ2) is 4.19. The number of aromatic nitrogens is 1. The number of ether oxygens (including phenoxy) is 1. The van der Waals surface area contributed by atoms with E-state index in [1.807, 2.05) is 6.20 Å². The summed E-state index contributed by atoms with van der Waals surface area (Å²) in [7, 11) is 0. The summed E-state index contributed by atoms with van der Waals surface area (Å²) in [5, 5.41) is 0. The molecule has 2 rings (SSSR count). The molecule has 0 spiro atoms. The van der Waals surface area contributed by atoms with Gasteiger partial charge < -0.3 is 9.64 Å². The highest BCUT2D eigenvalue weighted by Crippen LogP contribution is 2.17. The molecule has 0 unspecified atom stereocenters. The van der Waals surface area contributed by atoms with Crippen molar-refractivity contribution in [2.75, 3.05) is 18.0 Å². The predicted molar refractivity (Wildman–Crippen MR) is 61.2 cm³/mol. The zero-order chi connectivity index (χ0) is 10.8. The Hall–Kier alpha value is -1.09. The average Bonchev–Trinajstić information content (AvgIpc) is 2.17. The number of aryl methyl sites for hydroxylation is 1. The molecule has 0 N–H and O–H groups in total. The molecule has 0 radical (unpaired) electrons. The Bertz CT molecular complexity index is 313. The molecule has 1 aromatic heterocycles. The summed E-state index contributed by atoms with van der Waals surface area (Å²) in [5.41, 5.74) is 1.20. The normalized spacial score (nSPS) is 26.7. The van der Waals surface area contributed by atoms with Gasteiger partial charge in [-0.1, -0.05) is 6.07 Å². The third kappa shape index (κ3) is 2.48. The first-order valence-corrected chi connectivity index (χ1v) is 5.48. The fourth-order valence-electron chi connectivity index (χ4n) is 2.01. The molecule has 2 heterocycles. The van der Waals surface area contributed by atoms with Crippen LogP contribution in [0.25, 0.3) is 0 Å². The van der Waals surface area contributed by atoms with Crippen molar-refractivity contribution in [1.82, 2.24) is 4.98 Å². The molecular formula is C12H18N2O. The third-order valence-corrected chi connectivity index (χ3v) is 2.64. The van der Waals surface area contributed by atoms with Gasteiger partial charge >= 0.3 is 0 Å². The van der Waals surface area contributed by atoms with E-state index >= 15 is 0 Å². The van der Waals surface area contributed by atoms with Crippen molar-refractivity contribution in [2.24, 2.45) is 0 Å². The third-order valence-electron chi connectivity index (χ3n) is 2.64. The molecule has 3 nitrogen and oxygen atoms in total. The largest absolute Gasteiger partial charge is 0.372 e. The summed E-state index contributed by atoms with van der Waals surface area (Å²) in [6, 6.07) is 4.19. The standard InChI is InChI=1S/C12H18N2O/c1-9-4-5-12(13-6-9)14-7-10(2)15-11(3)8-14/h4-6,10-11H,7-8H2,1-3H3/t10-,11-/m1/s1. The Morgan fingerprint density at radius 3 is 2.47 bits per heavy atom. The Labute approximate surface area is 91.1 Å². The molecule has 15 heavy (non-hydrogen) atoms. The summed E-state index contributed by atoms with van der Waals surface area (Å²) in [6.07, 6.45) is 2.49. The van der Waals surface area contributed by atoms with Crippen molar-refractivity contribution in [2.45, 2.75) is 33.0 Å². The molecule has 82 valence electrons. The lowest BCUT2D eigenvalue weighted by atomic mass is 10.2. The highest BCUT2D eigenvalue weighted by atomic mass is 16.5. The number of hydrogen-bond donors (Lipinski definition) is 0. The van der Waals surface area contributed by atoms with Gasteiger partial charge in [-0.25, -0.2) is 4.98 Å². The van der Waals surface area contributed by atoms with Crippen LogP contribution in [-0.2, 0) is 4.74 Å². The summed E-state index contributed by atoms with van der Waals surface area (Å²) < 4.78 is 5.69. The lowest BCUT2D eigenvalue weighted by molar-refractivity contribution is -0.00545. The smallest absolute Gasteiger partial charge is 0.128 e. The fourth-order valence-corrected chi connectivity index (χ4v) is 2.01. The minimum absolute atomic E-state index is 0.289. The van der Waals surface area contributed by atoms with Crippen LogP contribution >= 0.6 is 0 Å². The van der Waals surface area contributed by atoms with Gasteiger partial charge in [-0.3, -0.25) is 0 Å². The van der Waals surface area contributed by atoms with E-state index in [4.69, 9.17) is 4.74 Å². The molecule has 1 fully saturated rings. The van der Waals surface area contributed by atoms with Crippen LogP contribution in [0.2, 0.25) is 0 Å². The zero-order valence-electron chi connectivity index (χ0n) is 9.60. The van der Waals surface area contributed by atoms with Crippen LogP contribution < -0.4 is 4.90 Å². The van der Waals surface area contributed by atoms with E-state index in [0.29, 0.717) is 0 Å². The average molecular weight is 206 g/mol. The van der Waals surface area contributed by atoms with Gasteiger partial charge in [0.1, 0.15) is 5.82 Å². The van der Waals surface area contributed by atoms with Crippen LogP contribution in [0, 0.1) is 6.92 Å². The van der Waals surface area contributed by atoms with Gasteiger partial charge in [0, 0.05) is 19.3 Å². The van der Waals surface area contributed by atoms with E-state index in [0.717, 1.165) is 18.9 Å². The molecular weight excluding hydrogens is 188 g/mol. The molecule has 0 aromatic carbocycles. The Balaban J connectivity index is 2.12. The SMILES string of the molecule is Cc1ccc(N2C[C@@H](C)O[C@H](C)C2)nc1. The van der Waals surface area contributed by atoms with Gasteiger partial charge in [0.05, 0.1) is 12.2 Å². The maximum absolute atomic E-state index is 5.69. The van der Waals surface area contributed by atoms with Crippen molar-refractivity contribution in [3.63, 3.8) is 0 Å². The van der Waals surface area contributed by atoms with Crippen molar-refractivity contribution in [3.8, 4) is 0 Å². The second-order valence-electron chi connectivity index (χ2n) is 4.36. The Morgan fingerprint density at radius 2 is 1.93 bits per heavy atom. The van der Waals surface area contributed by atoms with E-state index in [9.17, 15) is 0 Å². The number of nitrogens with zero attached hydrogens (tertiary/aromatic N) is 2. The van der Waals surface area contributed by atoms with Crippen LogP contribution in [0.3, 0.4) is 0 Å². The number of hydrogen-bond acceptors (Lipinski definition) is 3. The molecule has 0 bridgehead atoms. The van der Waals surface area contributed by atoms with Crippen molar-refractivity contribution in [3.05, 3.63) is 23.9 Å². The molecule has 1 aromatic rings. The molecule has 1 aliphatic heterocycles. The number of anilines is 1. The van der Waals surface area contributed by atoms with Gasteiger partial charge in [0.15, 0.2) is 0 Å². The van der Waals surface area contributed by atoms with Crippen LogP contribution in [-0.4, -0.2) is 30.3 Å². The van der Waals surface area contributed by atoms with Crippen LogP contribution in [0.1, 0.15) is 19.4 Å². The van der Waals surface area contributed by atoms with Gasteiger partial charge in [-0.15, -0.1) is 0 Å². The first kappa shape index (κ1) is 10.4. The highest BCUT2D eigenvalue weighted by Gasteiger charge is 2.22. The number of morpholine rings is 1. The van der Waals surface area contributed by atoms with Crippen molar-refractivity contribution < 1.29 is 4.74 Å². The van der Waals surface area contributed by atoms with E-state index in [2.05, 4.69) is 42.8 Å². The molecule has 2 atom stereocenters. The summed E-state index contributed by atoms with van der Waals surface area (Å²) in [4.78, 5) is 6.73. The lowest BCUT2D eigenvalue weighted by Crippen LogP contribution is -2.45. The summed E-state index contributed by atoms with van der Waals surface area (Å²) in [5.74, 6) is 1.06. The van der Waals surface area contributed by atoms with Gasteiger partial charge in [0.2, 0.25) is 0 Å². The summed E-state index contributed by atoms with van der Waals surface area (Å²) >= 11 is 0. The maximum Gasteiger partial charge on any atom is 0.128 e. The maximum atomic E-state index is 5.69. The molecule has 1 aliphatic rings. The predicted octanol–water partition coefficient (Wildman–Crippen LogP) is 2.00.